The third-order valence-electron chi connectivity index (χ3n) is 6.29. The Hall–Kier alpha value is -2.54. The van der Waals surface area contributed by atoms with Crippen LogP contribution in [0.1, 0.15) is 16.7 Å². The number of likely N-dealkylation sites (tertiary alicyclic amines) is 1. The molecular formula is C28H33NO4. The van der Waals surface area contributed by atoms with Gasteiger partial charge in [-0.05, 0) is 23.7 Å². The normalized spacial score (nSPS) is 23.1. The summed E-state index contributed by atoms with van der Waals surface area (Å²) in [6.45, 7) is 1.98. The Balaban J connectivity index is 1.47. The number of likely N-dealkylation sites (N-methyl/N-ethyl adjacent to an activating group) is 1. The van der Waals surface area contributed by atoms with Gasteiger partial charge in [0.15, 0.2) is 0 Å². The van der Waals surface area contributed by atoms with Crippen molar-refractivity contribution in [3.8, 4) is 0 Å². The number of hydrogen-bond donors (Lipinski definition) is 1. The van der Waals surface area contributed by atoms with Crippen LogP contribution in [0.2, 0.25) is 0 Å². The summed E-state index contributed by atoms with van der Waals surface area (Å²) in [5, 5.41) is 10.2. The monoisotopic (exact) mass is 447 g/mol. The zero-order valence-electron chi connectivity index (χ0n) is 19.1. The first-order valence-corrected chi connectivity index (χ1v) is 11.5. The third-order valence-corrected chi connectivity index (χ3v) is 6.29. The van der Waals surface area contributed by atoms with Crippen molar-refractivity contribution >= 4 is 0 Å². The number of nitrogens with zero attached hydrogens (tertiary/aromatic N) is 1. The summed E-state index contributed by atoms with van der Waals surface area (Å²) in [5.41, 5.74) is 3.34. The number of aliphatic hydroxyl groups excluding tert-OH is 1. The number of rotatable bonds is 11. The maximum absolute atomic E-state index is 10.2. The van der Waals surface area contributed by atoms with Crippen LogP contribution >= 0.6 is 0 Å². The fourth-order valence-corrected chi connectivity index (χ4v) is 4.41. The fraction of sp³-hybridized carbons (Fsp3) is 0.357. The van der Waals surface area contributed by atoms with Crippen LogP contribution in [0.5, 0.6) is 0 Å². The predicted molar refractivity (Wildman–Crippen MR) is 129 cm³/mol. The second-order valence-electron chi connectivity index (χ2n) is 8.51. The van der Waals surface area contributed by atoms with E-state index in [9.17, 15) is 5.11 Å². The summed E-state index contributed by atoms with van der Waals surface area (Å²) in [6.07, 6.45) is -0.499. The molecule has 33 heavy (non-hydrogen) atoms. The van der Waals surface area contributed by atoms with Crippen molar-refractivity contribution in [2.24, 2.45) is 0 Å². The summed E-state index contributed by atoms with van der Waals surface area (Å²) >= 11 is 0. The molecule has 1 fully saturated rings. The van der Waals surface area contributed by atoms with E-state index in [2.05, 4.69) is 29.2 Å². The van der Waals surface area contributed by atoms with Gasteiger partial charge in [0.05, 0.1) is 45.1 Å². The Kier molecular flexibility index (Phi) is 8.64. The number of hydrogen-bond acceptors (Lipinski definition) is 5. The van der Waals surface area contributed by atoms with Crippen LogP contribution in [0.25, 0.3) is 0 Å². The van der Waals surface area contributed by atoms with Gasteiger partial charge in [-0.15, -0.1) is 0 Å². The summed E-state index contributed by atoms with van der Waals surface area (Å²) in [4.78, 5) is 2.15. The van der Waals surface area contributed by atoms with Crippen LogP contribution in [-0.4, -0.2) is 54.6 Å². The quantitative estimate of drug-likeness (QED) is 0.481. The molecule has 3 aromatic rings. The maximum Gasteiger partial charge on any atom is 0.103 e. The molecule has 1 saturated heterocycles. The zero-order chi connectivity index (χ0) is 22.9. The highest BCUT2D eigenvalue weighted by Crippen LogP contribution is 2.30. The second-order valence-corrected chi connectivity index (χ2v) is 8.51. The molecule has 5 heteroatoms. The van der Waals surface area contributed by atoms with E-state index in [0.717, 1.165) is 16.7 Å². The van der Waals surface area contributed by atoms with Crippen LogP contribution in [-0.2, 0) is 34.0 Å². The van der Waals surface area contributed by atoms with Gasteiger partial charge in [0, 0.05) is 0 Å². The molecule has 0 radical (unpaired) electrons. The minimum atomic E-state index is -0.269. The average Bonchev–Trinajstić information content (AvgIpc) is 3.13. The van der Waals surface area contributed by atoms with E-state index in [4.69, 9.17) is 14.2 Å². The van der Waals surface area contributed by atoms with Gasteiger partial charge in [-0.25, -0.2) is 0 Å². The minimum Gasteiger partial charge on any atom is -0.395 e. The molecule has 5 nitrogen and oxygen atoms in total. The molecule has 0 amide bonds. The lowest BCUT2D eigenvalue weighted by Crippen LogP contribution is -2.40. The fourth-order valence-electron chi connectivity index (χ4n) is 4.41. The Morgan fingerprint density at radius 2 is 1.06 bits per heavy atom. The molecule has 0 aromatic heterocycles. The number of ether oxygens (including phenoxy) is 3. The summed E-state index contributed by atoms with van der Waals surface area (Å²) < 4.78 is 18.9. The molecular weight excluding hydrogens is 414 g/mol. The Bertz CT molecular complexity index is 938. The SMILES string of the molecule is CN1[C@@H](CO)[C@@H](OCc2ccccc2)[C@H](OCc2ccccc2)[C@@H]1COCc1ccccc1. The molecule has 4 rings (SSSR count). The van der Waals surface area contributed by atoms with Crippen LogP contribution in [0, 0.1) is 0 Å². The van der Waals surface area contributed by atoms with Gasteiger partial charge in [0.2, 0.25) is 0 Å². The van der Waals surface area contributed by atoms with Crippen molar-refractivity contribution in [1.82, 2.24) is 4.90 Å². The molecule has 0 saturated carbocycles. The Morgan fingerprint density at radius 1 is 0.636 bits per heavy atom. The highest BCUT2D eigenvalue weighted by Gasteiger charge is 2.48. The van der Waals surface area contributed by atoms with Gasteiger partial charge in [0.25, 0.3) is 0 Å². The topological polar surface area (TPSA) is 51.2 Å². The molecule has 0 unspecified atom stereocenters. The molecule has 1 N–H and O–H groups in total. The van der Waals surface area contributed by atoms with E-state index in [1.165, 1.54) is 0 Å². The highest BCUT2D eigenvalue weighted by atomic mass is 16.5. The van der Waals surface area contributed by atoms with Crippen molar-refractivity contribution in [1.29, 1.82) is 0 Å². The van der Waals surface area contributed by atoms with Crippen LogP contribution in [0.15, 0.2) is 91.0 Å². The van der Waals surface area contributed by atoms with E-state index in [-0.39, 0.29) is 30.9 Å². The molecule has 1 aliphatic heterocycles. The molecule has 0 bridgehead atoms. The zero-order valence-corrected chi connectivity index (χ0v) is 19.1. The van der Waals surface area contributed by atoms with Gasteiger partial charge in [0.1, 0.15) is 12.2 Å². The standard InChI is InChI=1S/C28H33NO4/c1-29-25(17-30)27(32-19-23-13-7-3-8-14-23)28(33-20-24-15-9-4-10-16-24)26(29)21-31-18-22-11-5-2-6-12-22/h2-16,25-28,30H,17-21H2,1H3/t25-,26-,27+,28+/m0/s1. The highest BCUT2D eigenvalue weighted by molar-refractivity contribution is 5.16. The number of benzene rings is 3. The van der Waals surface area contributed by atoms with Gasteiger partial charge in [-0.1, -0.05) is 91.0 Å². The summed E-state index contributed by atoms with van der Waals surface area (Å²) in [5.74, 6) is 0. The number of aliphatic hydroxyl groups is 1. The second kappa shape index (κ2) is 12.1. The van der Waals surface area contributed by atoms with E-state index in [1.807, 2.05) is 73.8 Å². The lowest BCUT2D eigenvalue weighted by Gasteiger charge is -2.26. The minimum absolute atomic E-state index is 0.00363. The summed E-state index contributed by atoms with van der Waals surface area (Å²) in [7, 11) is 2.02. The van der Waals surface area contributed by atoms with Gasteiger partial charge in [-0.2, -0.15) is 0 Å². The predicted octanol–water partition coefficient (Wildman–Crippen LogP) is 4.05. The first-order chi connectivity index (χ1) is 16.3. The van der Waals surface area contributed by atoms with E-state index in [0.29, 0.717) is 26.4 Å². The molecule has 174 valence electrons. The molecule has 1 aliphatic rings. The lowest BCUT2D eigenvalue weighted by molar-refractivity contribution is -0.0888. The smallest absolute Gasteiger partial charge is 0.103 e. The van der Waals surface area contributed by atoms with Crippen molar-refractivity contribution < 1.29 is 19.3 Å². The Labute approximate surface area is 196 Å². The molecule has 1 heterocycles. The third kappa shape index (κ3) is 6.28. The van der Waals surface area contributed by atoms with Crippen LogP contribution in [0.4, 0.5) is 0 Å². The van der Waals surface area contributed by atoms with Gasteiger partial charge >= 0.3 is 0 Å². The van der Waals surface area contributed by atoms with Gasteiger partial charge < -0.3 is 19.3 Å². The van der Waals surface area contributed by atoms with Gasteiger partial charge in [-0.3, -0.25) is 4.90 Å². The molecule has 0 aliphatic carbocycles. The molecule has 0 spiro atoms. The Morgan fingerprint density at radius 3 is 1.52 bits per heavy atom. The van der Waals surface area contributed by atoms with Crippen LogP contribution < -0.4 is 0 Å². The van der Waals surface area contributed by atoms with Crippen molar-refractivity contribution in [2.45, 2.75) is 44.1 Å². The van der Waals surface area contributed by atoms with E-state index < -0.39 is 0 Å². The van der Waals surface area contributed by atoms with E-state index >= 15 is 0 Å². The maximum atomic E-state index is 10.2. The first kappa shape index (κ1) is 23.6. The molecule has 4 atom stereocenters. The molecule has 3 aromatic carbocycles. The van der Waals surface area contributed by atoms with Crippen molar-refractivity contribution in [3.05, 3.63) is 108 Å². The average molecular weight is 448 g/mol. The van der Waals surface area contributed by atoms with Crippen molar-refractivity contribution in [2.75, 3.05) is 20.3 Å². The lowest BCUT2D eigenvalue weighted by atomic mass is 10.1. The first-order valence-electron chi connectivity index (χ1n) is 11.5. The van der Waals surface area contributed by atoms with Crippen LogP contribution in [0.3, 0.4) is 0 Å². The van der Waals surface area contributed by atoms with E-state index in [1.54, 1.807) is 0 Å². The summed E-state index contributed by atoms with van der Waals surface area (Å²) in [6, 6.07) is 30.2. The van der Waals surface area contributed by atoms with Crippen molar-refractivity contribution in [3.63, 3.8) is 0 Å². The largest absolute Gasteiger partial charge is 0.395 e.